The lowest BCUT2D eigenvalue weighted by Gasteiger charge is -2.16. The van der Waals surface area contributed by atoms with Gasteiger partial charge in [-0.3, -0.25) is 14.0 Å². The van der Waals surface area contributed by atoms with Gasteiger partial charge in [0.1, 0.15) is 5.75 Å². The number of aromatic nitrogens is 2. The summed E-state index contributed by atoms with van der Waals surface area (Å²) in [4.78, 5) is 32.2. The van der Waals surface area contributed by atoms with E-state index in [0.717, 1.165) is 9.77 Å². The van der Waals surface area contributed by atoms with E-state index in [-0.39, 0.29) is 11.5 Å². The summed E-state index contributed by atoms with van der Waals surface area (Å²) < 4.78 is 7.27. The number of amides is 1. The molecule has 2 aromatic carbocycles. The predicted molar refractivity (Wildman–Crippen MR) is 125 cm³/mol. The largest absolute Gasteiger partial charge is 0.481 e. The number of hydrogen-bond donors (Lipinski definition) is 1. The van der Waals surface area contributed by atoms with Crippen molar-refractivity contribution in [3.8, 4) is 5.75 Å². The molecule has 0 aliphatic rings. The average molecular weight is 452 g/mol. The van der Waals surface area contributed by atoms with E-state index >= 15 is 0 Å². The third-order valence-electron chi connectivity index (χ3n) is 4.48. The molecule has 0 bridgehead atoms. The summed E-state index contributed by atoms with van der Waals surface area (Å²) >= 11 is 3.01. The molecule has 1 atom stereocenters. The maximum Gasteiger partial charge on any atom is 0.265 e. The summed E-state index contributed by atoms with van der Waals surface area (Å²) in [6, 6.07) is 18.4. The van der Waals surface area contributed by atoms with Crippen LogP contribution in [0.3, 0.4) is 0 Å². The molecule has 8 heteroatoms. The standard InChI is InChI=1S/C23H21N3O3S2/c1-15-13-26-21(27)12-17(24-23(26)31-15)14-30-20-11-7-6-10-19(20)25-22(28)16(2)29-18-8-4-3-5-9-18/h3-13,16H,14H2,1-2H3,(H,25,28)/t16-/m0/s1. The molecule has 1 amide bonds. The number of aryl methyl sites for hydroxylation is 1. The number of para-hydroxylation sites is 2. The Morgan fingerprint density at radius 2 is 1.94 bits per heavy atom. The number of rotatable bonds is 7. The third-order valence-corrected chi connectivity index (χ3v) is 6.49. The minimum atomic E-state index is -0.647. The Hall–Kier alpha value is -3.10. The molecule has 2 heterocycles. The van der Waals surface area contributed by atoms with Gasteiger partial charge in [0.15, 0.2) is 11.1 Å². The second-order valence-electron chi connectivity index (χ2n) is 6.93. The molecule has 4 aromatic rings. The Morgan fingerprint density at radius 3 is 2.74 bits per heavy atom. The van der Waals surface area contributed by atoms with Crippen LogP contribution >= 0.6 is 23.1 Å². The van der Waals surface area contributed by atoms with Gasteiger partial charge in [-0.05, 0) is 38.1 Å². The number of ether oxygens (including phenoxy) is 1. The van der Waals surface area contributed by atoms with E-state index in [9.17, 15) is 9.59 Å². The number of nitrogens with zero attached hydrogens (tertiary/aromatic N) is 2. The predicted octanol–water partition coefficient (Wildman–Crippen LogP) is 4.76. The monoisotopic (exact) mass is 451 g/mol. The van der Waals surface area contributed by atoms with E-state index in [0.29, 0.717) is 27.8 Å². The highest BCUT2D eigenvalue weighted by Gasteiger charge is 2.16. The summed E-state index contributed by atoms with van der Waals surface area (Å²) in [6.45, 7) is 3.67. The topological polar surface area (TPSA) is 72.7 Å². The first-order valence-corrected chi connectivity index (χ1v) is 11.5. The highest BCUT2D eigenvalue weighted by Crippen LogP contribution is 2.30. The number of hydrogen-bond acceptors (Lipinski definition) is 6. The molecular weight excluding hydrogens is 430 g/mol. The van der Waals surface area contributed by atoms with Crippen LogP contribution in [0.2, 0.25) is 0 Å². The molecule has 0 unspecified atom stereocenters. The summed E-state index contributed by atoms with van der Waals surface area (Å²) in [5.41, 5.74) is 1.32. The van der Waals surface area contributed by atoms with Gasteiger partial charge in [0.2, 0.25) is 0 Å². The van der Waals surface area contributed by atoms with E-state index in [4.69, 9.17) is 4.74 Å². The highest BCUT2D eigenvalue weighted by molar-refractivity contribution is 7.98. The van der Waals surface area contributed by atoms with Crippen LogP contribution < -0.4 is 15.6 Å². The van der Waals surface area contributed by atoms with Gasteiger partial charge >= 0.3 is 0 Å². The molecule has 0 spiro atoms. The van der Waals surface area contributed by atoms with Crippen molar-refractivity contribution in [1.82, 2.24) is 9.38 Å². The van der Waals surface area contributed by atoms with Gasteiger partial charge in [0.25, 0.3) is 11.5 Å². The molecule has 6 nitrogen and oxygen atoms in total. The summed E-state index contributed by atoms with van der Waals surface area (Å²) in [7, 11) is 0. The second kappa shape index (κ2) is 9.36. The van der Waals surface area contributed by atoms with E-state index < -0.39 is 6.10 Å². The van der Waals surface area contributed by atoms with Crippen molar-refractivity contribution < 1.29 is 9.53 Å². The number of nitrogens with one attached hydrogen (secondary N) is 1. The first-order valence-electron chi connectivity index (χ1n) is 9.73. The summed E-state index contributed by atoms with van der Waals surface area (Å²) in [5, 5.41) is 2.94. The maximum absolute atomic E-state index is 12.6. The highest BCUT2D eigenvalue weighted by atomic mass is 32.2. The molecule has 2 aromatic heterocycles. The smallest absolute Gasteiger partial charge is 0.265 e. The van der Waals surface area contributed by atoms with Gasteiger partial charge in [-0.25, -0.2) is 4.98 Å². The van der Waals surface area contributed by atoms with Crippen molar-refractivity contribution in [2.75, 3.05) is 5.32 Å². The maximum atomic E-state index is 12.6. The quantitative estimate of drug-likeness (QED) is 0.410. The van der Waals surface area contributed by atoms with Crippen molar-refractivity contribution in [2.45, 2.75) is 30.6 Å². The van der Waals surface area contributed by atoms with Crippen LogP contribution in [0.5, 0.6) is 5.75 Å². The van der Waals surface area contributed by atoms with Gasteiger partial charge in [-0.1, -0.05) is 30.3 Å². The lowest BCUT2D eigenvalue weighted by molar-refractivity contribution is -0.122. The molecule has 0 radical (unpaired) electrons. The van der Waals surface area contributed by atoms with Crippen LogP contribution in [0, 0.1) is 6.92 Å². The van der Waals surface area contributed by atoms with Gasteiger partial charge in [-0.2, -0.15) is 0 Å². The minimum absolute atomic E-state index is 0.0848. The van der Waals surface area contributed by atoms with Gasteiger partial charge in [0, 0.05) is 27.8 Å². The molecule has 0 saturated heterocycles. The molecule has 4 rings (SSSR count). The summed E-state index contributed by atoms with van der Waals surface area (Å²) in [6.07, 6.45) is 1.15. The molecule has 0 saturated carbocycles. The first kappa shape index (κ1) is 21.1. The fourth-order valence-electron chi connectivity index (χ4n) is 2.97. The Kier molecular flexibility index (Phi) is 6.39. The van der Waals surface area contributed by atoms with Crippen LogP contribution in [0.1, 0.15) is 17.5 Å². The minimum Gasteiger partial charge on any atom is -0.481 e. The van der Waals surface area contributed by atoms with Crippen LogP contribution in [-0.4, -0.2) is 21.4 Å². The fraction of sp³-hybridized carbons (Fsp3) is 0.174. The number of benzene rings is 2. The van der Waals surface area contributed by atoms with Crippen LogP contribution in [-0.2, 0) is 10.5 Å². The van der Waals surface area contributed by atoms with Crippen molar-refractivity contribution >= 4 is 39.7 Å². The number of carbonyl (C=O) groups excluding carboxylic acids is 1. The number of fused-ring (bicyclic) bond motifs is 1. The summed E-state index contributed by atoms with van der Waals surface area (Å²) in [5.74, 6) is 0.930. The Bertz CT molecular complexity index is 1270. The molecule has 0 aliphatic carbocycles. The molecule has 0 fully saturated rings. The van der Waals surface area contributed by atoms with E-state index in [1.165, 1.54) is 23.1 Å². The molecule has 0 aliphatic heterocycles. The van der Waals surface area contributed by atoms with E-state index in [2.05, 4.69) is 10.3 Å². The second-order valence-corrected chi connectivity index (χ2v) is 9.16. The van der Waals surface area contributed by atoms with Gasteiger partial charge in [0.05, 0.1) is 11.4 Å². The van der Waals surface area contributed by atoms with Crippen molar-refractivity contribution in [3.05, 3.63) is 87.8 Å². The Balaban J connectivity index is 1.45. The van der Waals surface area contributed by atoms with Crippen molar-refractivity contribution in [2.24, 2.45) is 0 Å². The lowest BCUT2D eigenvalue weighted by Crippen LogP contribution is -2.30. The van der Waals surface area contributed by atoms with Crippen LogP contribution in [0.4, 0.5) is 5.69 Å². The number of thioether (sulfide) groups is 1. The third kappa shape index (κ3) is 5.15. The molecule has 1 N–H and O–H groups in total. The van der Waals surface area contributed by atoms with Crippen LogP contribution in [0.15, 0.2) is 76.6 Å². The van der Waals surface area contributed by atoms with Gasteiger partial charge in [-0.15, -0.1) is 23.1 Å². The zero-order chi connectivity index (χ0) is 21.8. The van der Waals surface area contributed by atoms with E-state index in [1.807, 2.05) is 61.5 Å². The molecule has 31 heavy (non-hydrogen) atoms. The SMILES string of the molecule is Cc1cn2c(=O)cc(CSc3ccccc3NC(=O)[C@H](C)Oc3ccccc3)nc2s1. The van der Waals surface area contributed by atoms with Crippen molar-refractivity contribution in [3.63, 3.8) is 0 Å². The Morgan fingerprint density at radius 1 is 1.19 bits per heavy atom. The van der Waals surface area contributed by atoms with E-state index in [1.54, 1.807) is 23.6 Å². The normalized spacial score (nSPS) is 11.9. The number of thiazole rings is 1. The Labute approximate surface area is 187 Å². The van der Waals surface area contributed by atoms with Gasteiger partial charge < -0.3 is 10.1 Å². The first-order chi connectivity index (χ1) is 15.0. The lowest BCUT2D eigenvalue weighted by atomic mass is 10.3. The fourth-order valence-corrected chi connectivity index (χ4v) is 4.72. The zero-order valence-corrected chi connectivity index (χ0v) is 18.7. The molecular formula is C23H21N3O3S2. The number of carbonyl (C=O) groups is 1. The average Bonchev–Trinajstić information content (AvgIpc) is 3.14. The van der Waals surface area contributed by atoms with Crippen LogP contribution in [0.25, 0.3) is 4.96 Å². The molecule has 158 valence electrons. The zero-order valence-electron chi connectivity index (χ0n) is 17.1. The number of anilines is 1. The van der Waals surface area contributed by atoms with Crippen molar-refractivity contribution in [1.29, 1.82) is 0 Å².